The van der Waals surface area contributed by atoms with Gasteiger partial charge in [0.2, 0.25) is 0 Å². The molecule has 0 saturated heterocycles. The standard InChI is InChI=1S/C17H10F5NO4S/c1-28(25,26)15-12(18)5-9(6-13(15)19)14-8-27-16(24)23(14)11-4-2-3-10(7-11)17(20,21)22/h2-8H,1H3. The molecule has 0 aliphatic heterocycles. The Bertz CT molecular complexity index is 1200. The Morgan fingerprint density at radius 3 is 2.18 bits per heavy atom. The fraction of sp³-hybridized carbons (Fsp3) is 0.118. The molecule has 0 fully saturated rings. The molecule has 0 unspecified atom stereocenters. The van der Waals surface area contributed by atoms with Gasteiger partial charge in [0.05, 0.1) is 16.9 Å². The molecule has 3 aromatic rings. The summed E-state index contributed by atoms with van der Waals surface area (Å²) in [5.41, 5.74) is -1.86. The minimum atomic E-state index is -4.68. The molecule has 28 heavy (non-hydrogen) atoms. The molecular weight excluding hydrogens is 409 g/mol. The zero-order chi connectivity index (χ0) is 20.9. The van der Waals surface area contributed by atoms with Crippen LogP contribution < -0.4 is 5.76 Å². The van der Waals surface area contributed by atoms with Gasteiger partial charge in [-0.2, -0.15) is 13.2 Å². The van der Waals surface area contributed by atoms with Crippen molar-refractivity contribution in [2.45, 2.75) is 11.1 Å². The smallest absolute Gasteiger partial charge is 0.415 e. The molecule has 0 N–H and O–H groups in total. The van der Waals surface area contributed by atoms with Gasteiger partial charge in [0, 0.05) is 11.8 Å². The second-order valence-electron chi connectivity index (χ2n) is 5.81. The number of nitrogens with zero attached hydrogens (tertiary/aromatic N) is 1. The van der Waals surface area contributed by atoms with Crippen LogP contribution in [-0.2, 0) is 16.0 Å². The summed E-state index contributed by atoms with van der Waals surface area (Å²) in [6, 6.07) is 4.97. The Kier molecular flexibility index (Phi) is 4.66. The fourth-order valence-corrected chi connectivity index (χ4v) is 3.46. The molecule has 0 radical (unpaired) electrons. The van der Waals surface area contributed by atoms with Gasteiger partial charge in [0.25, 0.3) is 0 Å². The van der Waals surface area contributed by atoms with Crippen LogP contribution in [0, 0.1) is 11.6 Å². The summed E-state index contributed by atoms with van der Waals surface area (Å²) in [6.45, 7) is 0. The van der Waals surface area contributed by atoms with E-state index in [0.29, 0.717) is 29.0 Å². The van der Waals surface area contributed by atoms with Crippen molar-refractivity contribution in [3.05, 3.63) is 70.4 Å². The Balaban J connectivity index is 2.22. The number of sulfone groups is 1. The molecule has 0 spiro atoms. The van der Waals surface area contributed by atoms with Gasteiger partial charge in [-0.05, 0) is 30.3 Å². The van der Waals surface area contributed by atoms with E-state index < -0.39 is 43.9 Å². The molecule has 1 heterocycles. The number of hydrogen-bond donors (Lipinski definition) is 0. The number of oxazole rings is 1. The van der Waals surface area contributed by atoms with Gasteiger partial charge < -0.3 is 4.42 Å². The molecule has 0 aliphatic carbocycles. The normalized spacial score (nSPS) is 12.4. The third-order valence-corrected chi connectivity index (χ3v) is 4.92. The third kappa shape index (κ3) is 3.57. The van der Waals surface area contributed by atoms with Crippen LogP contribution in [0.15, 0.2) is 56.8 Å². The number of rotatable bonds is 3. The topological polar surface area (TPSA) is 69.3 Å². The Morgan fingerprint density at radius 1 is 1.04 bits per heavy atom. The van der Waals surface area contributed by atoms with E-state index >= 15 is 0 Å². The molecule has 0 saturated carbocycles. The zero-order valence-corrected chi connectivity index (χ0v) is 14.7. The first kappa shape index (κ1) is 19.8. The van der Waals surface area contributed by atoms with Crippen molar-refractivity contribution < 1.29 is 34.8 Å². The molecule has 0 aliphatic rings. The van der Waals surface area contributed by atoms with Crippen LogP contribution in [0.1, 0.15) is 5.56 Å². The number of hydrogen-bond acceptors (Lipinski definition) is 4. The van der Waals surface area contributed by atoms with Crippen LogP contribution in [0.25, 0.3) is 16.9 Å². The summed E-state index contributed by atoms with van der Waals surface area (Å²) in [4.78, 5) is 10.8. The van der Waals surface area contributed by atoms with Gasteiger partial charge in [-0.15, -0.1) is 0 Å². The van der Waals surface area contributed by atoms with Crippen LogP contribution >= 0.6 is 0 Å². The third-order valence-electron chi connectivity index (χ3n) is 3.79. The van der Waals surface area contributed by atoms with Crippen LogP contribution in [-0.4, -0.2) is 19.2 Å². The first-order valence-electron chi connectivity index (χ1n) is 7.47. The van der Waals surface area contributed by atoms with Crippen LogP contribution in [0.5, 0.6) is 0 Å². The summed E-state index contributed by atoms with van der Waals surface area (Å²) >= 11 is 0. The fourth-order valence-electron chi connectivity index (χ4n) is 2.63. The summed E-state index contributed by atoms with van der Waals surface area (Å²) in [7, 11) is -4.21. The van der Waals surface area contributed by atoms with Crippen molar-refractivity contribution in [1.82, 2.24) is 4.57 Å². The number of alkyl halides is 3. The Labute approximate surface area is 154 Å². The minimum absolute atomic E-state index is 0.253. The molecule has 148 valence electrons. The second-order valence-corrected chi connectivity index (χ2v) is 7.76. The van der Waals surface area contributed by atoms with Crippen LogP contribution in [0.2, 0.25) is 0 Å². The van der Waals surface area contributed by atoms with E-state index in [9.17, 15) is 35.2 Å². The molecule has 1 aromatic heterocycles. The molecule has 0 amide bonds. The number of benzene rings is 2. The van der Waals surface area contributed by atoms with Crippen molar-refractivity contribution in [3.63, 3.8) is 0 Å². The van der Waals surface area contributed by atoms with Gasteiger partial charge in [-0.3, -0.25) is 0 Å². The van der Waals surface area contributed by atoms with Crippen LogP contribution in [0.3, 0.4) is 0 Å². The van der Waals surface area contributed by atoms with Crippen molar-refractivity contribution in [3.8, 4) is 16.9 Å². The predicted octanol–water partition coefficient (Wildman–Crippen LogP) is 3.80. The highest BCUT2D eigenvalue weighted by atomic mass is 32.2. The molecule has 11 heteroatoms. The Hall–Kier alpha value is -2.95. The van der Waals surface area contributed by atoms with Gasteiger partial charge in [0.1, 0.15) is 22.8 Å². The maximum atomic E-state index is 14.2. The monoisotopic (exact) mass is 419 g/mol. The summed E-state index contributed by atoms with van der Waals surface area (Å²) in [6.07, 6.45) is -3.26. The Morgan fingerprint density at radius 2 is 1.64 bits per heavy atom. The van der Waals surface area contributed by atoms with Gasteiger partial charge >= 0.3 is 11.9 Å². The van der Waals surface area contributed by atoms with Gasteiger partial charge in [-0.1, -0.05) is 6.07 Å². The van der Waals surface area contributed by atoms with E-state index in [-0.39, 0.29) is 16.9 Å². The SMILES string of the molecule is CS(=O)(=O)c1c(F)cc(-c2coc(=O)n2-c2cccc(C(F)(F)F)c2)cc1F. The first-order valence-corrected chi connectivity index (χ1v) is 9.36. The van der Waals surface area contributed by atoms with E-state index in [4.69, 9.17) is 0 Å². The van der Waals surface area contributed by atoms with E-state index in [1.807, 2.05) is 0 Å². The lowest BCUT2D eigenvalue weighted by Gasteiger charge is -2.11. The minimum Gasteiger partial charge on any atom is -0.415 e. The average Bonchev–Trinajstić information content (AvgIpc) is 2.94. The lowest BCUT2D eigenvalue weighted by molar-refractivity contribution is -0.137. The summed E-state index contributed by atoms with van der Waals surface area (Å²) in [5.74, 6) is -3.93. The van der Waals surface area contributed by atoms with Crippen molar-refractivity contribution in [2.24, 2.45) is 0 Å². The first-order chi connectivity index (χ1) is 12.9. The lowest BCUT2D eigenvalue weighted by Crippen LogP contribution is -2.15. The molecular formula is C17H10F5NO4S. The van der Waals surface area contributed by atoms with Gasteiger partial charge in [-0.25, -0.2) is 26.6 Å². The lowest BCUT2D eigenvalue weighted by atomic mass is 10.1. The quantitative estimate of drug-likeness (QED) is 0.606. The highest BCUT2D eigenvalue weighted by Gasteiger charge is 2.31. The van der Waals surface area contributed by atoms with Crippen molar-refractivity contribution in [1.29, 1.82) is 0 Å². The van der Waals surface area contributed by atoms with Gasteiger partial charge in [0.15, 0.2) is 9.84 Å². The van der Waals surface area contributed by atoms with Crippen molar-refractivity contribution >= 4 is 9.84 Å². The predicted molar refractivity (Wildman–Crippen MR) is 87.8 cm³/mol. The number of aromatic nitrogens is 1. The second kappa shape index (κ2) is 6.59. The highest BCUT2D eigenvalue weighted by molar-refractivity contribution is 7.90. The molecule has 5 nitrogen and oxygen atoms in total. The van der Waals surface area contributed by atoms with E-state index in [2.05, 4.69) is 4.42 Å². The maximum Gasteiger partial charge on any atom is 0.424 e. The maximum absolute atomic E-state index is 14.2. The van der Waals surface area contributed by atoms with Crippen LogP contribution in [0.4, 0.5) is 22.0 Å². The van der Waals surface area contributed by atoms with E-state index in [0.717, 1.165) is 18.4 Å². The average molecular weight is 419 g/mol. The molecule has 0 atom stereocenters. The highest BCUT2D eigenvalue weighted by Crippen LogP contribution is 2.32. The van der Waals surface area contributed by atoms with Crippen molar-refractivity contribution in [2.75, 3.05) is 6.26 Å². The molecule has 3 rings (SSSR count). The molecule has 0 bridgehead atoms. The van der Waals surface area contributed by atoms with E-state index in [1.165, 1.54) is 6.07 Å². The summed E-state index contributed by atoms with van der Waals surface area (Å²) < 4.78 is 95.4. The number of halogens is 5. The summed E-state index contributed by atoms with van der Waals surface area (Å²) in [5, 5.41) is 0. The zero-order valence-electron chi connectivity index (χ0n) is 13.9. The largest absolute Gasteiger partial charge is 0.424 e. The van der Waals surface area contributed by atoms with E-state index in [1.54, 1.807) is 0 Å². The molecule has 2 aromatic carbocycles.